The van der Waals surface area contributed by atoms with Gasteiger partial charge in [0, 0.05) is 24.7 Å². The molecule has 2 N–H and O–H groups in total. The molecule has 1 aromatic heterocycles. The Kier molecular flexibility index (Phi) is 5.89. The van der Waals surface area contributed by atoms with E-state index in [0.717, 1.165) is 0 Å². The van der Waals surface area contributed by atoms with E-state index < -0.39 is 18.5 Å². The van der Waals surface area contributed by atoms with Gasteiger partial charge in [0.15, 0.2) is 6.61 Å². The summed E-state index contributed by atoms with van der Waals surface area (Å²) in [6.07, 6.45) is 1.58. The summed E-state index contributed by atoms with van der Waals surface area (Å²) in [5, 5.41) is 9.32. The van der Waals surface area contributed by atoms with E-state index in [0.29, 0.717) is 11.5 Å². The fourth-order valence-corrected chi connectivity index (χ4v) is 2.15. The first kappa shape index (κ1) is 18.2. The molecule has 2 aromatic rings. The van der Waals surface area contributed by atoms with E-state index in [1.54, 1.807) is 35.1 Å². The largest absolute Gasteiger partial charge is 0.452 e. The van der Waals surface area contributed by atoms with E-state index in [1.165, 1.54) is 13.0 Å². The van der Waals surface area contributed by atoms with Crippen LogP contribution in [0.5, 0.6) is 0 Å². The number of anilines is 2. The monoisotopic (exact) mass is 344 g/mol. The van der Waals surface area contributed by atoms with E-state index >= 15 is 0 Å². The molecule has 0 saturated carbocycles. The highest BCUT2D eigenvalue weighted by molar-refractivity contribution is 5.96. The molecule has 0 bridgehead atoms. The first-order valence-electron chi connectivity index (χ1n) is 7.75. The smallest absolute Gasteiger partial charge is 0.338 e. The number of hydrogen-bond donors (Lipinski definition) is 2. The lowest BCUT2D eigenvalue weighted by atomic mass is 10.2. The number of hydrogen-bond acceptors (Lipinski definition) is 5. The molecule has 25 heavy (non-hydrogen) atoms. The Morgan fingerprint density at radius 1 is 1.20 bits per heavy atom. The second-order valence-electron chi connectivity index (χ2n) is 5.64. The van der Waals surface area contributed by atoms with Gasteiger partial charge in [-0.2, -0.15) is 5.10 Å². The SMILES string of the molecule is CC(=O)Nc1cccc(C(=O)OCC(=O)Nc2ccnn2C(C)C)c1. The zero-order chi connectivity index (χ0) is 18.4. The van der Waals surface area contributed by atoms with Crippen LogP contribution in [0.1, 0.15) is 37.2 Å². The lowest BCUT2D eigenvalue weighted by Crippen LogP contribution is -2.23. The maximum absolute atomic E-state index is 12.0. The predicted molar refractivity (Wildman–Crippen MR) is 92.3 cm³/mol. The summed E-state index contributed by atoms with van der Waals surface area (Å²) in [6, 6.07) is 8.04. The molecule has 8 nitrogen and oxygen atoms in total. The summed E-state index contributed by atoms with van der Waals surface area (Å²) in [7, 11) is 0. The standard InChI is InChI=1S/C17H20N4O4/c1-11(2)21-15(7-8-18-21)20-16(23)10-25-17(24)13-5-4-6-14(9-13)19-12(3)22/h4-9,11H,10H2,1-3H3,(H,19,22)(H,20,23). The van der Waals surface area contributed by atoms with E-state index in [9.17, 15) is 14.4 Å². The highest BCUT2D eigenvalue weighted by atomic mass is 16.5. The number of rotatable bonds is 6. The third kappa shape index (κ3) is 5.17. The van der Waals surface area contributed by atoms with Gasteiger partial charge in [-0.15, -0.1) is 0 Å². The molecule has 0 saturated heterocycles. The Morgan fingerprint density at radius 2 is 1.96 bits per heavy atom. The van der Waals surface area contributed by atoms with Crippen molar-refractivity contribution in [3.63, 3.8) is 0 Å². The van der Waals surface area contributed by atoms with Crippen LogP contribution >= 0.6 is 0 Å². The first-order chi connectivity index (χ1) is 11.9. The summed E-state index contributed by atoms with van der Waals surface area (Å²) in [4.78, 5) is 35.0. The molecule has 8 heteroatoms. The number of carbonyl (C=O) groups excluding carboxylic acids is 3. The Labute approximate surface area is 145 Å². The molecular weight excluding hydrogens is 324 g/mol. The molecule has 0 aliphatic carbocycles. The van der Waals surface area contributed by atoms with Crippen LogP contribution in [0.25, 0.3) is 0 Å². The highest BCUT2D eigenvalue weighted by Gasteiger charge is 2.13. The zero-order valence-electron chi connectivity index (χ0n) is 14.3. The van der Waals surface area contributed by atoms with E-state index in [1.807, 2.05) is 13.8 Å². The molecule has 132 valence electrons. The summed E-state index contributed by atoms with van der Waals surface area (Å²) < 4.78 is 6.66. The van der Waals surface area contributed by atoms with Gasteiger partial charge >= 0.3 is 5.97 Å². The number of benzene rings is 1. The number of nitrogens with one attached hydrogen (secondary N) is 2. The van der Waals surface area contributed by atoms with Gasteiger partial charge in [-0.3, -0.25) is 9.59 Å². The quantitative estimate of drug-likeness (QED) is 0.782. The Balaban J connectivity index is 1.92. The number of aromatic nitrogens is 2. The zero-order valence-corrected chi connectivity index (χ0v) is 14.3. The lowest BCUT2D eigenvalue weighted by Gasteiger charge is -2.12. The van der Waals surface area contributed by atoms with Crippen molar-refractivity contribution in [1.82, 2.24) is 9.78 Å². The van der Waals surface area contributed by atoms with Crippen LogP contribution in [0.4, 0.5) is 11.5 Å². The average Bonchev–Trinajstić information content (AvgIpc) is 3.00. The third-order valence-electron chi connectivity index (χ3n) is 3.18. The minimum Gasteiger partial charge on any atom is -0.452 e. The molecule has 2 amide bonds. The second-order valence-corrected chi connectivity index (χ2v) is 5.64. The van der Waals surface area contributed by atoms with Crippen LogP contribution in [0.2, 0.25) is 0 Å². The molecular formula is C17H20N4O4. The van der Waals surface area contributed by atoms with E-state index in [-0.39, 0.29) is 17.5 Å². The summed E-state index contributed by atoms with van der Waals surface area (Å²) >= 11 is 0. The third-order valence-corrected chi connectivity index (χ3v) is 3.18. The van der Waals surface area contributed by atoms with Crippen LogP contribution in [-0.4, -0.2) is 34.2 Å². The molecule has 0 radical (unpaired) electrons. The van der Waals surface area contributed by atoms with Crippen LogP contribution < -0.4 is 10.6 Å². The molecule has 0 fully saturated rings. The molecule has 0 aliphatic heterocycles. The Bertz CT molecular complexity index is 782. The summed E-state index contributed by atoms with van der Waals surface area (Å²) in [5.41, 5.74) is 0.721. The van der Waals surface area contributed by atoms with Crippen molar-refractivity contribution in [2.24, 2.45) is 0 Å². The fraction of sp³-hybridized carbons (Fsp3) is 0.294. The molecule has 0 atom stereocenters. The number of carbonyl (C=O) groups is 3. The van der Waals surface area contributed by atoms with Gasteiger partial charge in [0.05, 0.1) is 11.8 Å². The number of ether oxygens (including phenoxy) is 1. The van der Waals surface area contributed by atoms with E-state index in [4.69, 9.17) is 4.74 Å². The van der Waals surface area contributed by atoms with Gasteiger partial charge in [0.2, 0.25) is 5.91 Å². The van der Waals surface area contributed by atoms with Gasteiger partial charge in [-0.05, 0) is 32.0 Å². The van der Waals surface area contributed by atoms with Crippen LogP contribution in [-0.2, 0) is 14.3 Å². The highest BCUT2D eigenvalue weighted by Crippen LogP contribution is 2.14. The van der Waals surface area contributed by atoms with Crippen molar-refractivity contribution in [1.29, 1.82) is 0 Å². The first-order valence-corrected chi connectivity index (χ1v) is 7.75. The van der Waals surface area contributed by atoms with Crippen LogP contribution in [0.3, 0.4) is 0 Å². The van der Waals surface area contributed by atoms with Gasteiger partial charge in [-0.25, -0.2) is 9.48 Å². The molecule has 1 heterocycles. The van der Waals surface area contributed by atoms with Gasteiger partial charge < -0.3 is 15.4 Å². The van der Waals surface area contributed by atoms with Crippen molar-refractivity contribution >= 4 is 29.3 Å². The average molecular weight is 344 g/mol. The fourth-order valence-electron chi connectivity index (χ4n) is 2.15. The number of amides is 2. The maximum Gasteiger partial charge on any atom is 0.338 e. The van der Waals surface area contributed by atoms with Crippen molar-refractivity contribution in [3.05, 3.63) is 42.1 Å². The Hall–Kier alpha value is -3.16. The molecule has 2 rings (SSSR count). The van der Waals surface area contributed by atoms with Crippen molar-refractivity contribution in [3.8, 4) is 0 Å². The number of esters is 1. The van der Waals surface area contributed by atoms with Gasteiger partial charge in [0.25, 0.3) is 5.91 Å². The van der Waals surface area contributed by atoms with Crippen molar-refractivity contribution in [2.75, 3.05) is 17.2 Å². The molecule has 0 aliphatic rings. The predicted octanol–water partition coefficient (Wildman–Crippen LogP) is 2.22. The lowest BCUT2D eigenvalue weighted by molar-refractivity contribution is -0.119. The summed E-state index contributed by atoms with van der Waals surface area (Å²) in [6.45, 7) is 4.82. The molecule has 0 unspecified atom stereocenters. The van der Waals surface area contributed by atoms with E-state index in [2.05, 4.69) is 15.7 Å². The van der Waals surface area contributed by atoms with Crippen molar-refractivity contribution < 1.29 is 19.1 Å². The molecule has 1 aromatic carbocycles. The topological polar surface area (TPSA) is 102 Å². The van der Waals surface area contributed by atoms with Crippen LogP contribution in [0, 0.1) is 0 Å². The summed E-state index contributed by atoms with van der Waals surface area (Å²) in [5.74, 6) is -0.830. The Morgan fingerprint density at radius 3 is 2.64 bits per heavy atom. The second kappa shape index (κ2) is 8.09. The number of nitrogens with zero attached hydrogens (tertiary/aromatic N) is 2. The van der Waals surface area contributed by atoms with Gasteiger partial charge in [-0.1, -0.05) is 6.07 Å². The normalized spacial score (nSPS) is 10.4. The van der Waals surface area contributed by atoms with Gasteiger partial charge in [0.1, 0.15) is 5.82 Å². The van der Waals surface area contributed by atoms with Crippen LogP contribution in [0.15, 0.2) is 36.5 Å². The van der Waals surface area contributed by atoms with Crippen molar-refractivity contribution in [2.45, 2.75) is 26.8 Å². The maximum atomic E-state index is 12.0. The minimum atomic E-state index is -0.653. The molecule has 0 spiro atoms. The minimum absolute atomic E-state index is 0.0874.